The first kappa shape index (κ1) is 12.7. The van der Waals surface area contributed by atoms with Crippen LogP contribution in [-0.4, -0.2) is 17.4 Å². The molecular weight excluding hydrogens is 186 g/mol. The molecule has 1 saturated carbocycles. The molecule has 2 N–H and O–H groups in total. The predicted molar refractivity (Wildman–Crippen MR) is 64.5 cm³/mol. The number of hydrogen-bond acceptors (Lipinski definition) is 2. The van der Waals surface area contributed by atoms with Gasteiger partial charge in [0.25, 0.3) is 0 Å². The molecule has 0 aromatic rings. The fraction of sp³-hybridized carbons (Fsp3) is 0.846. The summed E-state index contributed by atoms with van der Waals surface area (Å²) >= 11 is 0. The molecule has 0 heterocycles. The highest BCUT2D eigenvalue weighted by Gasteiger charge is 2.22. The molecule has 0 aromatic carbocycles. The summed E-state index contributed by atoms with van der Waals surface area (Å²) in [5.74, 6) is 1.72. The molecule has 0 aliphatic heterocycles. The van der Waals surface area contributed by atoms with Crippen molar-refractivity contribution in [3.8, 4) is 0 Å². The number of aliphatic hydroxyl groups excluding tert-OH is 1. The topological polar surface area (TPSA) is 32.3 Å². The molecule has 2 nitrogen and oxygen atoms in total. The predicted octanol–water partition coefficient (Wildman–Crippen LogP) is 2.69. The Balaban J connectivity index is 2.20. The van der Waals surface area contributed by atoms with E-state index in [2.05, 4.69) is 25.7 Å². The molecule has 1 aliphatic rings. The van der Waals surface area contributed by atoms with E-state index in [1.807, 2.05) is 0 Å². The van der Waals surface area contributed by atoms with Crippen LogP contribution < -0.4 is 5.32 Å². The van der Waals surface area contributed by atoms with Crippen LogP contribution in [0, 0.1) is 11.8 Å². The molecular formula is C13H25NO. The van der Waals surface area contributed by atoms with Crippen LogP contribution >= 0.6 is 0 Å². The molecule has 1 fully saturated rings. The van der Waals surface area contributed by atoms with Crippen molar-refractivity contribution in [3.63, 3.8) is 0 Å². The molecule has 1 rings (SSSR count). The average molecular weight is 211 g/mol. The Morgan fingerprint density at radius 3 is 2.40 bits per heavy atom. The Morgan fingerprint density at radius 2 is 1.93 bits per heavy atom. The minimum atomic E-state index is -0.531. The van der Waals surface area contributed by atoms with Gasteiger partial charge in [-0.2, -0.15) is 0 Å². The van der Waals surface area contributed by atoms with Gasteiger partial charge in [0.2, 0.25) is 0 Å². The molecule has 0 radical (unpaired) electrons. The zero-order valence-electron chi connectivity index (χ0n) is 10.1. The summed E-state index contributed by atoms with van der Waals surface area (Å²) in [7, 11) is 0. The van der Waals surface area contributed by atoms with Crippen LogP contribution in [0.5, 0.6) is 0 Å². The van der Waals surface area contributed by atoms with E-state index >= 15 is 0 Å². The van der Waals surface area contributed by atoms with E-state index in [1.54, 1.807) is 6.08 Å². The van der Waals surface area contributed by atoms with Crippen molar-refractivity contribution in [3.05, 3.63) is 12.7 Å². The van der Waals surface area contributed by atoms with Gasteiger partial charge in [0.1, 0.15) is 6.23 Å². The van der Waals surface area contributed by atoms with Crippen molar-refractivity contribution in [2.45, 2.75) is 58.2 Å². The fourth-order valence-electron chi connectivity index (χ4n) is 2.54. The third kappa shape index (κ3) is 4.80. The van der Waals surface area contributed by atoms with E-state index in [1.165, 1.54) is 32.1 Å². The van der Waals surface area contributed by atoms with E-state index in [0.29, 0.717) is 6.04 Å². The van der Waals surface area contributed by atoms with E-state index in [-0.39, 0.29) is 0 Å². The van der Waals surface area contributed by atoms with Gasteiger partial charge >= 0.3 is 0 Å². The molecule has 15 heavy (non-hydrogen) atoms. The zero-order valence-corrected chi connectivity index (χ0v) is 10.1. The second-order valence-electron chi connectivity index (χ2n) is 5.19. The first-order valence-electron chi connectivity index (χ1n) is 6.18. The lowest BCUT2D eigenvalue weighted by Gasteiger charge is -2.31. The summed E-state index contributed by atoms with van der Waals surface area (Å²) in [5.41, 5.74) is 0. The summed E-state index contributed by atoms with van der Waals surface area (Å²) in [5, 5.41) is 12.6. The van der Waals surface area contributed by atoms with Gasteiger partial charge in [0, 0.05) is 6.04 Å². The van der Waals surface area contributed by atoms with Crippen molar-refractivity contribution in [1.82, 2.24) is 5.32 Å². The Hall–Kier alpha value is -0.340. The quantitative estimate of drug-likeness (QED) is 0.541. The molecule has 1 atom stereocenters. The Morgan fingerprint density at radius 1 is 1.33 bits per heavy atom. The largest absolute Gasteiger partial charge is 0.375 e. The Kier molecular flexibility index (Phi) is 5.34. The van der Waals surface area contributed by atoms with E-state index in [4.69, 9.17) is 0 Å². The summed E-state index contributed by atoms with van der Waals surface area (Å²) in [6.45, 7) is 8.16. The van der Waals surface area contributed by atoms with Gasteiger partial charge in [-0.15, -0.1) is 0 Å². The van der Waals surface area contributed by atoms with Crippen LogP contribution in [0.4, 0.5) is 0 Å². The first-order valence-corrected chi connectivity index (χ1v) is 6.18. The van der Waals surface area contributed by atoms with Gasteiger partial charge in [-0.1, -0.05) is 20.4 Å². The lowest BCUT2D eigenvalue weighted by molar-refractivity contribution is 0.144. The minimum Gasteiger partial charge on any atom is -0.375 e. The molecule has 2 heteroatoms. The maximum absolute atomic E-state index is 9.39. The number of nitrogens with one attached hydrogen (secondary N) is 1. The lowest BCUT2D eigenvalue weighted by atomic mass is 9.81. The zero-order chi connectivity index (χ0) is 11.3. The number of aliphatic hydroxyl groups is 1. The molecule has 0 saturated heterocycles. The summed E-state index contributed by atoms with van der Waals surface area (Å²) in [6, 6.07) is 0.487. The fourth-order valence-corrected chi connectivity index (χ4v) is 2.54. The summed E-state index contributed by atoms with van der Waals surface area (Å²) in [6.07, 6.45) is 7.39. The number of hydrogen-bond donors (Lipinski definition) is 2. The third-order valence-electron chi connectivity index (χ3n) is 3.28. The smallest absolute Gasteiger partial charge is 0.124 e. The number of rotatable bonds is 5. The molecule has 0 amide bonds. The van der Waals surface area contributed by atoms with Crippen LogP contribution in [0.2, 0.25) is 0 Å². The van der Waals surface area contributed by atoms with Crippen LogP contribution in [0.1, 0.15) is 46.0 Å². The second-order valence-corrected chi connectivity index (χ2v) is 5.19. The normalized spacial score (nSPS) is 29.1. The lowest BCUT2D eigenvalue weighted by Crippen LogP contribution is -2.39. The molecule has 1 unspecified atom stereocenters. The molecule has 0 bridgehead atoms. The highest BCUT2D eigenvalue weighted by Crippen LogP contribution is 2.29. The van der Waals surface area contributed by atoms with Crippen molar-refractivity contribution < 1.29 is 5.11 Å². The van der Waals surface area contributed by atoms with Gasteiger partial charge in [-0.3, -0.25) is 5.32 Å². The van der Waals surface area contributed by atoms with Gasteiger partial charge < -0.3 is 5.11 Å². The van der Waals surface area contributed by atoms with Gasteiger partial charge in [0.05, 0.1) is 0 Å². The van der Waals surface area contributed by atoms with E-state index in [0.717, 1.165) is 11.8 Å². The van der Waals surface area contributed by atoms with Crippen LogP contribution in [0.15, 0.2) is 12.7 Å². The van der Waals surface area contributed by atoms with Crippen molar-refractivity contribution in [2.75, 3.05) is 0 Å². The van der Waals surface area contributed by atoms with Gasteiger partial charge in [-0.25, -0.2) is 0 Å². The van der Waals surface area contributed by atoms with Crippen molar-refractivity contribution in [1.29, 1.82) is 0 Å². The SMILES string of the molecule is C=CC(O)NC1CCC(CC(C)C)CC1. The summed E-state index contributed by atoms with van der Waals surface area (Å²) < 4.78 is 0. The second kappa shape index (κ2) is 6.29. The maximum Gasteiger partial charge on any atom is 0.124 e. The van der Waals surface area contributed by atoms with Crippen LogP contribution in [0.3, 0.4) is 0 Å². The van der Waals surface area contributed by atoms with E-state index in [9.17, 15) is 5.11 Å². The van der Waals surface area contributed by atoms with Crippen LogP contribution in [-0.2, 0) is 0 Å². The van der Waals surface area contributed by atoms with Gasteiger partial charge in [0.15, 0.2) is 0 Å². The summed E-state index contributed by atoms with van der Waals surface area (Å²) in [4.78, 5) is 0. The van der Waals surface area contributed by atoms with Crippen molar-refractivity contribution in [2.24, 2.45) is 11.8 Å². The average Bonchev–Trinajstić information content (AvgIpc) is 2.20. The first-order chi connectivity index (χ1) is 7.11. The molecule has 0 spiro atoms. The molecule has 88 valence electrons. The highest BCUT2D eigenvalue weighted by molar-refractivity contribution is 4.83. The van der Waals surface area contributed by atoms with E-state index < -0.39 is 6.23 Å². The van der Waals surface area contributed by atoms with Crippen LogP contribution in [0.25, 0.3) is 0 Å². The highest BCUT2D eigenvalue weighted by atomic mass is 16.3. The Bertz CT molecular complexity index is 183. The standard InChI is InChI=1S/C13H25NO/c1-4-13(15)14-12-7-5-11(6-8-12)9-10(2)3/h4,10-15H,1,5-9H2,2-3H3. The van der Waals surface area contributed by atoms with Crippen molar-refractivity contribution >= 4 is 0 Å². The van der Waals surface area contributed by atoms with Gasteiger partial charge in [-0.05, 0) is 50.0 Å². The molecule has 1 aliphatic carbocycles. The Labute approximate surface area is 93.8 Å². The maximum atomic E-state index is 9.39. The third-order valence-corrected chi connectivity index (χ3v) is 3.28. The monoisotopic (exact) mass is 211 g/mol. The minimum absolute atomic E-state index is 0.487. The molecule has 0 aromatic heterocycles.